The zero-order valence-electron chi connectivity index (χ0n) is 5.96. The van der Waals surface area contributed by atoms with Crippen LogP contribution in [-0.2, 0) is 6.54 Å². The fraction of sp³-hybridized carbons (Fsp3) is 0.250. The lowest BCUT2D eigenvalue weighted by Crippen LogP contribution is -2.04. The quantitative estimate of drug-likeness (QED) is 0.640. The van der Waals surface area contributed by atoms with Crippen molar-refractivity contribution < 1.29 is 5.11 Å². The van der Waals surface area contributed by atoms with E-state index in [4.69, 9.17) is 5.11 Å². The molecule has 0 atom stereocenters. The van der Waals surface area contributed by atoms with Gasteiger partial charge in [-0.1, -0.05) is 12.1 Å². The molecular formula is C8H11NO. The molecule has 1 rings (SSSR count). The van der Waals surface area contributed by atoms with Gasteiger partial charge in [0.1, 0.15) is 5.75 Å². The van der Waals surface area contributed by atoms with Crippen LogP contribution in [0.1, 0.15) is 5.56 Å². The Hall–Kier alpha value is -1.02. The highest BCUT2D eigenvalue weighted by Crippen LogP contribution is 2.09. The highest BCUT2D eigenvalue weighted by Gasteiger charge is 1.90. The summed E-state index contributed by atoms with van der Waals surface area (Å²) in [7, 11) is 1.88. The molecule has 2 nitrogen and oxygen atoms in total. The largest absolute Gasteiger partial charge is 0.508 e. The third kappa shape index (κ3) is 1.74. The molecule has 0 aliphatic carbocycles. The lowest BCUT2D eigenvalue weighted by Gasteiger charge is -1.98. The van der Waals surface area contributed by atoms with Gasteiger partial charge < -0.3 is 10.4 Å². The third-order valence-electron chi connectivity index (χ3n) is 1.29. The average molecular weight is 137 g/mol. The molecule has 1 aromatic rings. The van der Waals surface area contributed by atoms with Crippen LogP contribution in [0, 0.1) is 0 Å². The van der Waals surface area contributed by atoms with Gasteiger partial charge in [0.15, 0.2) is 0 Å². The van der Waals surface area contributed by atoms with Gasteiger partial charge in [-0.05, 0) is 24.7 Å². The van der Waals surface area contributed by atoms with Gasteiger partial charge in [0.25, 0.3) is 0 Å². The zero-order chi connectivity index (χ0) is 7.40. The van der Waals surface area contributed by atoms with Gasteiger partial charge in [-0.15, -0.1) is 0 Å². The van der Waals surface area contributed by atoms with Gasteiger partial charge in [0.05, 0.1) is 0 Å². The predicted octanol–water partition coefficient (Wildman–Crippen LogP) is 1.11. The highest BCUT2D eigenvalue weighted by atomic mass is 16.3. The second-order valence-electron chi connectivity index (χ2n) is 2.20. The topological polar surface area (TPSA) is 32.3 Å². The van der Waals surface area contributed by atoms with Crippen LogP contribution in [0.4, 0.5) is 0 Å². The van der Waals surface area contributed by atoms with E-state index in [0.717, 1.165) is 12.1 Å². The Kier molecular flexibility index (Phi) is 2.29. The first kappa shape index (κ1) is 7.09. The second-order valence-corrected chi connectivity index (χ2v) is 2.20. The van der Waals surface area contributed by atoms with E-state index in [1.165, 1.54) is 0 Å². The highest BCUT2D eigenvalue weighted by molar-refractivity contribution is 5.26. The molecule has 0 heterocycles. The molecule has 0 aliphatic rings. The maximum Gasteiger partial charge on any atom is 0.115 e. The van der Waals surface area contributed by atoms with Crippen LogP contribution >= 0.6 is 0 Å². The smallest absolute Gasteiger partial charge is 0.115 e. The Bertz CT molecular complexity index is 210. The van der Waals surface area contributed by atoms with E-state index in [2.05, 4.69) is 5.32 Å². The lowest BCUT2D eigenvalue weighted by molar-refractivity contribution is 0.474. The molecule has 0 saturated heterocycles. The first-order valence-electron chi connectivity index (χ1n) is 3.25. The molecule has 0 fully saturated rings. The Morgan fingerprint density at radius 3 is 2.90 bits per heavy atom. The van der Waals surface area contributed by atoms with Crippen molar-refractivity contribution in [2.75, 3.05) is 7.05 Å². The van der Waals surface area contributed by atoms with E-state index in [1.807, 2.05) is 19.2 Å². The van der Waals surface area contributed by atoms with E-state index in [9.17, 15) is 0 Å². The zero-order valence-corrected chi connectivity index (χ0v) is 5.96. The molecule has 54 valence electrons. The van der Waals surface area contributed by atoms with Crippen molar-refractivity contribution in [3.8, 4) is 5.75 Å². The monoisotopic (exact) mass is 137 g/mol. The minimum absolute atomic E-state index is 0.327. The van der Waals surface area contributed by atoms with E-state index in [0.29, 0.717) is 5.75 Å². The van der Waals surface area contributed by atoms with Crippen LogP contribution in [0.2, 0.25) is 0 Å². The normalized spacial score (nSPS) is 9.70. The predicted molar refractivity (Wildman–Crippen MR) is 40.9 cm³/mol. The summed E-state index contributed by atoms with van der Waals surface area (Å²) in [6.45, 7) is 0.800. The van der Waals surface area contributed by atoms with Crippen molar-refractivity contribution in [2.24, 2.45) is 0 Å². The van der Waals surface area contributed by atoms with Gasteiger partial charge in [-0.2, -0.15) is 0 Å². The van der Waals surface area contributed by atoms with E-state index in [1.54, 1.807) is 12.1 Å². The molecule has 0 amide bonds. The number of phenolic OH excluding ortho intramolecular Hbond substituents is 1. The van der Waals surface area contributed by atoms with Crippen LogP contribution in [0.5, 0.6) is 5.75 Å². The standard InChI is InChI=1S/C8H11NO/c1-9-6-7-3-2-4-8(10)5-7/h2-5,9-10H,6H2,1H3. The van der Waals surface area contributed by atoms with Crippen molar-refractivity contribution in [2.45, 2.75) is 6.54 Å². The summed E-state index contributed by atoms with van der Waals surface area (Å²) in [5.74, 6) is 0.327. The van der Waals surface area contributed by atoms with E-state index in [-0.39, 0.29) is 0 Å². The van der Waals surface area contributed by atoms with Crippen molar-refractivity contribution in [3.05, 3.63) is 29.8 Å². The summed E-state index contributed by atoms with van der Waals surface area (Å²) < 4.78 is 0. The molecule has 10 heavy (non-hydrogen) atoms. The summed E-state index contributed by atoms with van der Waals surface area (Å²) in [5.41, 5.74) is 1.10. The van der Waals surface area contributed by atoms with E-state index >= 15 is 0 Å². The second kappa shape index (κ2) is 3.22. The molecule has 0 saturated carbocycles. The number of benzene rings is 1. The number of hydrogen-bond donors (Lipinski definition) is 2. The summed E-state index contributed by atoms with van der Waals surface area (Å²) in [4.78, 5) is 0. The van der Waals surface area contributed by atoms with Gasteiger partial charge in [-0.25, -0.2) is 0 Å². The number of hydrogen-bond acceptors (Lipinski definition) is 2. The van der Waals surface area contributed by atoms with Crippen LogP contribution in [-0.4, -0.2) is 12.2 Å². The summed E-state index contributed by atoms with van der Waals surface area (Å²) in [6.07, 6.45) is 0. The van der Waals surface area contributed by atoms with Crippen LogP contribution in [0.3, 0.4) is 0 Å². The Labute approximate surface area is 60.5 Å². The maximum atomic E-state index is 9.01. The summed E-state index contributed by atoms with van der Waals surface area (Å²) in [6, 6.07) is 7.22. The number of rotatable bonds is 2. The molecule has 0 spiro atoms. The van der Waals surface area contributed by atoms with Crippen molar-refractivity contribution in [3.63, 3.8) is 0 Å². The fourth-order valence-electron chi connectivity index (χ4n) is 0.871. The Morgan fingerprint density at radius 1 is 1.50 bits per heavy atom. The molecule has 2 N–H and O–H groups in total. The summed E-state index contributed by atoms with van der Waals surface area (Å²) >= 11 is 0. The molecule has 0 unspecified atom stereocenters. The average Bonchev–Trinajstić information content (AvgIpc) is 1.88. The number of nitrogens with one attached hydrogen (secondary N) is 1. The molecule has 1 aromatic carbocycles. The van der Waals surface area contributed by atoms with E-state index < -0.39 is 0 Å². The fourth-order valence-corrected chi connectivity index (χ4v) is 0.871. The van der Waals surface area contributed by atoms with Crippen molar-refractivity contribution in [1.82, 2.24) is 5.32 Å². The third-order valence-corrected chi connectivity index (χ3v) is 1.29. The van der Waals surface area contributed by atoms with Gasteiger partial charge in [0.2, 0.25) is 0 Å². The van der Waals surface area contributed by atoms with Crippen LogP contribution in [0.15, 0.2) is 24.3 Å². The molecule has 0 bridgehead atoms. The SMILES string of the molecule is CNCc1cccc(O)c1. The maximum absolute atomic E-state index is 9.01. The Balaban J connectivity index is 2.75. The number of aromatic hydroxyl groups is 1. The van der Waals surface area contributed by atoms with Crippen molar-refractivity contribution >= 4 is 0 Å². The molecule has 0 radical (unpaired) electrons. The van der Waals surface area contributed by atoms with Crippen LogP contribution < -0.4 is 5.32 Å². The van der Waals surface area contributed by atoms with Crippen LogP contribution in [0.25, 0.3) is 0 Å². The van der Waals surface area contributed by atoms with Gasteiger partial charge in [0, 0.05) is 6.54 Å². The molecular weight excluding hydrogens is 126 g/mol. The Morgan fingerprint density at radius 2 is 2.30 bits per heavy atom. The van der Waals surface area contributed by atoms with Gasteiger partial charge in [-0.3, -0.25) is 0 Å². The minimum atomic E-state index is 0.327. The summed E-state index contributed by atoms with van der Waals surface area (Å²) in [5, 5.41) is 12.0. The lowest BCUT2D eigenvalue weighted by atomic mass is 10.2. The first-order valence-corrected chi connectivity index (χ1v) is 3.25. The molecule has 0 aliphatic heterocycles. The molecule has 2 heteroatoms. The number of phenols is 1. The minimum Gasteiger partial charge on any atom is -0.508 e. The van der Waals surface area contributed by atoms with Crippen molar-refractivity contribution in [1.29, 1.82) is 0 Å². The van der Waals surface area contributed by atoms with Gasteiger partial charge >= 0.3 is 0 Å². The molecule has 0 aromatic heterocycles. The first-order chi connectivity index (χ1) is 4.83.